The summed E-state index contributed by atoms with van der Waals surface area (Å²) in [5, 5.41) is 7.79. The SMILES string of the molecule is CN=C(NCC1CCCN(C)C1c1cccc(Cl)c1)NCC1(C)CCCO1. The van der Waals surface area contributed by atoms with E-state index in [1.54, 1.807) is 0 Å². The molecule has 3 rings (SSSR count). The van der Waals surface area contributed by atoms with Crippen LogP contribution in [0, 0.1) is 5.92 Å². The number of piperidine rings is 1. The summed E-state index contributed by atoms with van der Waals surface area (Å²) in [6.07, 6.45) is 4.66. The van der Waals surface area contributed by atoms with Crippen LogP contribution in [0.1, 0.15) is 44.2 Å². The standard InChI is InChI=1S/C21H33ClN4O/c1-21(10-6-12-27-21)15-25-20(23-2)24-14-17-8-5-11-26(3)19(17)16-7-4-9-18(22)13-16/h4,7,9,13,17,19H,5-6,8,10-12,14-15H2,1-3H3,(H2,23,24,25). The zero-order valence-electron chi connectivity index (χ0n) is 16.8. The van der Waals surface area contributed by atoms with Gasteiger partial charge in [-0.25, -0.2) is 0 Å². The lowest BCUT2D eigenvalue weighted by Gasteiger charge is -2.40. The van der Waals surface area contributed by atoms with E-state index in [9.17, 15) is 0 Å². The molecule has 2 aliphatic heterocycles. The van der Waals surface area contributed by atoms with Gasteiger partial charge in [-0.3, -0.25) is 9.89 Å². The molecular weight excluding hydrogens is 360 g/mol. The minimum Gasteiger partial charge on any atom is -0.373 e. The first-order chi connectivity index (χ1) is 13.0. The maximum absolute atomic E-state index is 6.25. The summed E-state index contributed by atoms with van der Waals surface area (Å²) in [6, 6.07) is 8.66. The van der Waals surface area contributed by atoms with Gasteiger partial charge in [0.1, 0.15) is 0 Å². The van der Waals surface area contributed by atoms with E-state index in [4.69, 9.17) is 16.3 Å². The van der Waals surface area contributed by atoms with Crippen LogP contribution in [0.2, 0.25) is 5.02 Å². The number of halogens is 1. The Kier molecular flexibility index (Phi) is 7.01. The molecule has 0 radical (unpaired) electrons. The molecule has 6 heteroatoms. The van der Waals surface area contributed by atoms with Gasteiger partial charge in [0.2, 0.25) is 0 Å². The molecule has 0 spiro atoms. The number of hydrogen-bond acceptors (Lipinski definition) is 3. The van der Waals surface area contributed by atoms with E-state index in [0.29, 0.717) is 12.0 Å². The van der Waals surface area contributed by atoms with Crippen molar-refractivity contribution in [3.63, 3.8) is 0 Å². The van der Waals surface area contributed by atoms with Crippen LogP contribution in [0.3, 0.4) is 0 Å². The van der Waals surface area contributed by atoms with Crippen LogP contribution in [0.4, 0.5) is 0 Å². The van der Waals surface area contributed by atoms with Crippen molar-refractivity contribution in [1.82, 2.24) is 15.5 Å². The molecule has 0 aromatic heterocycles. The van der Waals surface area contributed by atoms with Crippen molar-refractivity contribution >= 4 is 17.6 Å². The molecule has 3 atom stereocenters. The lowest BCUT2D eigenvalue weighted by atomic mass is 9.85. The van der Waals surface area contributed by atoms with Gasteiger partial charge in [0.05, 0.1) is 5.60 Å². The van der Waals surface area contributed by atoms with Gasteiger partial charge in [-0.1, -0.05) is 23.7 Å². The molecule has 27 heavy (non-hydrogen) atoms. The Bertz CT molecular complexity index is 645. The fourth-order valence-electron chi connectivity index (χ4n) is 4.39. The van der Waals surface area contributed by atoms with Crippen LogP contribution >= 0.6 is 11.6 Å². The first-order valence-electron chi connectivity index (χ1n) is 10.0. The van der Waals surface area contributed by atoms with Gasteiger partial charge in [0.25, 0.3) is 0 Å². The molecule has 2 heterocycles. The molecule has 2 aliphatic rings. The van der Waals surface area contributed by atoms with E-state index in [-0.39, 0.29) is 5.60 Å². The Hall–Kier alpha value is -1.30. The molecule has 0 amide bonds. The maximum Gasteiger partial charge on any atom is 0.191 e. The predicted molar refractivity (Wildman–Crippen MR) is 113 cm³/mol. The van der Waals surface area contributed by atoms with Crippen LogP contribution in [-0.4, -0.2) is 56.8 Å². The number of likely N-dealkylation sites (tertiary alicyclic amines) is 1. The van der Waals surface area contributed by atoms with Crippen LogP contribution in [0.5, 0.6) is 0 Å². The Morgan fingerprint density at radius 1 is 1.37 bits per heavy atom. The molecule has 0 saturated carbocycles. The van der Waals surface area contributed by atoms with Crippen molar-refractivity contribution in [2.45, 2.75) is 44.2 Å². The summed E-state index contributed by atoms with van der Waals surface area (Å²) in [5.41, 5.74) is 1.22. The van der Waals surface area contributed by atoms with Crippen molar-refractivity contribution in [3.8, 4) is 0 Å². The third-order valence-electron chi connectivity index (χ3n) is 5.88. The molecule has 5 nitrogen and oxygen atoms in total. The van der Waals surface area contributed by atoms with E-state index < -0.39 is 0 Å². The Morgan fingerprint density at radius 3 is 2.93 bits per heavy atom. The number of rotatable bonds is 5. The Labute approximate surface area is 168 Å². The van der Waals surface area contributed by atoms with Crippen molar-refractivity contribution in [2.75, 3.05) is 40.3 Å². The summed E-state index contributed by atoms with van der Waals surface area (Å²) in [6.45, 7) is 5.83. The van der Waals surface area contributed by atoms with Gasteiger partial charge in [0, 0.05) is 37.8 Å². The first kappa shape index (κ1) is 20.4. The summed E-state index contributed by atoms with van der Waals surface area (Å²) < 4.78 is 5.87. The molecular formula is C21H33ClN4O. The molecule has 2 N–H and O–H groups in total. The monoisotopic (exact) mass is 392 g/mol. The Balaban J connectivity index is 1.60. The summed E-state index contributed by atoms with van der Waals surface area (Å²) >= 11 is 6.25. The van der Waals surface area contributed by atoms with Crippen molar-refractivity contribution < 1.29 is 4.74 Å². The van der Waals surface area contributed by atoms with Gasteiger partial charge in [-0.15, -0.1) is 0 Å². The van der Waals surface area contributed by atoms with Gasteiger partial charge in [-0.2, -0.15) is 0 Å². The van der Waals surface area contributed by atoms with Gasteiger partial charge < -0.3 is 15.4 Å². The van der Waals surface area contributed by atoms with Gasteiger partial charge in [-0.05, 0) is 69.8 Å². The second-order valence-corrected chi connectivity index (χ2v) is 8.53. The molecule has 1 aromatic rings. The van der Waals surface area contributed by atoms with Crippen LogP contribution in [0.15, 0.2) is 29.3 Å². The number of nitrogens with zero attached hydrogens (tertiary/aromatic N) is 2. The van der Waals surface area contributed by atoms with E-state index in [0.717, 1.165) is 50.1 Å². The normalized spacial score (nSPS) is 29.7. The van der Waals surface area contributed by atoms with E-state index in [1.807, 2.05) is 19.2 Å². The predicted octanol–water partition coefficient (Wildman–Crippen LogP) is 3.46. The molecule has 3 unspecified atom stereocenters. The van der Waals surface area contributed by atoms with Crippen LogP contribution in [0.25, 0.3) is 0 Å². The lowest BCUT2D eigenvalue weighted by molar-refractivity contribution is 0.0242. The quantitative estimate of drug-likeness (QED) is 0.595. The van der Waals surface area contributed by atoms with Crippen LogP contribution < -0.4 is 10.6 Å². The van der Waals surface area contributed by atoms with E-state index in [2.05, 4.69) is 46.6 Å². The third-order valence-corrected chi connectivity index (χ3v) is 6.12. The highest BCUT2D eigenvalue weighted by atomic mass is 35.5. The average molecular weight is 393 g/mol. The highest BCUT2D eigenvalue weighted by Crippen LogP contribution is 2.35. The zero-order valence-corrected chi connectivity index (χ0v) is 17.6. The van der Waals surface area contributed by atoms with E-state index >= 15 is 0 Å². The lowest BCUT2D eigenvalue weighted by Crippen LogP contribution is -2.48. The van der Waals surface area contributed by atoms with Crippen LogP contribution in [-0.2, 0) is 4.74 Å². The summed E-state index contributed by atoms with van der Waals surface area (Å²) in [5.74, 6) is 1.36. The maximum atomic E-state index is 6.25. The summed E-state index contributed by atoms with van der Waals surface area (Å²) in [7, 11) is 4.04. The number of nitrogens with one attached hydrogen (secondary N) is 2. The number of hydrogen-bond donors (Lipinski definition) is 2. The Morgan fingerprint density at radius 2 is 2.22 bits per heavy atom. The number of guanidine groups is 1. The fraction of sp³-hybridized carbons (Fsp3) is 0.667. The smallest absolute Gasteiger partial charge is 0.191 e. The minimum absolute atomic E-state index is 0.0774. The fourth-order valence-corrected chi connectivity index (χ4v) is 4.58. The third kappa shape index (κ3) is 5.37. The molecule has 1 aromatic carbocycles. The number of benzene rings is 1. The van der Waals surface area contributed by atoms with Crippen molar-refractivity contribution in [1.29, 1.82) is 0 Å². The molecule has 2 fully saturated rings. The largest absolute Gasteiger partial charge is 0.373 e. The summed E-state index contributed by atoms with van der Waals surface area (Å²) in [4.78, 5) is 6.85. The highest BCUT2D eigenvalue weighted by Gasteiger charge is 2.32. The van der Waals surface area contributed by atoms with Gasteiger partial charge in [0.15, 0.2) is 5.96 Å². The first-order valence-corrected chi connectivity index (χ1v) is 10.4. The minimum atomic E-state index is -0.0774. The average Bonchev–Trinajstić information content (AvgIpc) is 3.08. The second kappa shape index (κ2) is 9.26. The molecule has 150 valence electrons. The van der Waals surface area contributed by atoms with E-state index in [1.165, 1.54) is 18.4 Å². The number of aliphatic imine (C=N–C) groups is 1. The molecule has 2 saturated heterocycles. The molecule has 0 bridgehead atoms. The number of ether oxygens (including phenoxy) is 1. The highest BCUT2D eigenvalue weighted by molar-refractivity contribution is 6.30. The molecule has 0 aliphatic carbocycles. The topological polar surface area (TPSA) is 48.9 Å². The van der Waals surface area contributed by atoms with Crippen molar-refractivity contribution in [2.24, 2.45) is 10.9 Å². The second-order valence-electron chi connectivity index (χ2n) is 8.09. The zero-order chi connectivity index (χ0) is 19.3. The van der Waals surface area contributed by atoms with Crippen molar-refractivity contribution in [3.05, 3.63) is 34.9 Å². The van der Waals surface area contributed by atoms with Gasteiger partial charge >= 0.3 is 0 Å².